The Kier molecular flexibility index (Phi) is 4.70. The normalized spacial score (nSPS) is 18.9. The van der Waals surface area contributed by atoms with Gasteiger partial charge in [0.1, 0.15) is 6.04 Å². The molecule has 1 unspecified atom stereocenters. The minimum atomic E-state index is -1.19. The van der Waals surface area contributed by atoms with Gasteiger partial charge < -0.3 is 15.3 Å². The fourth-order valence-corrected chi connectivity index (χ4v) is 1.67. The van der Waals surface area contributed by atoms with Gasteiger partial charge in [-0.1, -0.05) is 0 Å². The average Bonchev–Trinajstić information content (AvgIpc) is 2.76. The lowest BCUT2D eigenvalue weighted by molar-refractivity contribution is -0.144. The third kappa shape index (κ3) is 3.59. The molecule has 3 N–H and O–H groups in total. The van der Waals surface area contributed by atoms with Crippen LogP contribution in [0.15, 0.2) is 0 Å². The largest absolute Gasteiger partial charge is 0.479 e. The van der Waals surface area contributed by atoms with Crippen molar-refractivity contribution in [2.24, 2.45) is 0 Å². The number of hydrogen-bond donors (Lipinski definition) is 3. The van der Waals surface area contributed by atoms with Crippen molar-refractivity contribution in [3.8, 4) is 0 Å². The molecule has 1 fully saturated rings. The fraction of sp³-hybridized carbons (Fsp3) is 0.667. The number of aliphatic carboxylic acids is 1. The molecule has 3 amide bonds. The maximum atomic E-state index is 11.6. The van der Waals surface area contributed by atoms with Gasteiger partial charge in [-0.15, -0.1) is 0 Å². The zero-order chi connectivity index (χ0) is 12.8. The summed E-state index contributed by atoms with van der Waals surface area (Å²) >= 11 is 0. The minimum Gasteiger partial charge on any atom is -0.479 e. The van der Waals surface area contributed by atoms with Gasteiger partial charge in [0.2, 0.25) is 5.91 Å². The van der Waals surface area contributed by atoms with Gasteiger partial charge in [0.15, 0.2) is 6.61 Å². The molecule has 1 atom stereocenters. The van der Waals surface area contributed by atoms with Crippen LogP contribution in [0.2, 0.25) is 0 Å². The molecule has 0 aliphatic carbocycles. The van der Waals surface area contributed by atoms with E-state index in [0.29, 0.717) is 13.0 Å². The molecule has 0 bridgehead atoms. The number of amides is 3. The molecule has 96 valence electrons. The van der Waals surface area contributed by atoms with Crippen LogP contribution in [0, 0.1) is 0 Å². The average molecular weight is 245 g/mol. The van der Waals surface area contributed by atoms with E-state index in [2.05, 4.69) is 10.2 Å². The fourth-order valence-electron chi connectivity index (χ4n) is 1.67. The smallest absolute Gasteiger partial charge is 0.342 e. The number of carbonyl (C=O) groups excluding carboxylic acids is 2. The Labute approximate surface area is 97.9 Å². The van der Waals surface area contributed by atoms with E-state index in [1.54, 1.807) is 0 Å². The van der Waals surface area contributed by atoms with E-state index in [9.17, 15) is 14.4 Å². The van der Waals surface area contributed by atoms with Gasteiger partial charge in [-0.25, -0.2) is 15.1 Å². The van der Waals surface area contributed by atoms with E-state index < -0.39 is 24.6 Å². The lowest BCUT2D eigenvalue weighted by Gasteiger charge is -2.22. The lowest BCUT2D eigenvalue weighted by Crippen LogP contribution is -2.49. The Balaban J connectivity index is 2.44. The number of urea groups is 1. The molecular formula is C9H15N3O5. The third-order valence-corrected chi connectivity index (χ3v) is 2.42. The number of likely N-dealkylation sites (N-methyl/N-ethyl adjacent to an activating group) is 1. The van der Waals surface area contributed by atoms with Gasteiger partial charge in [-0.05, 0) is 12.8 Å². The van der Waals surface area contributed by atoms with Gasteiger partial charge in [-0.2, -0.15) is 0 Å². The zero-order valence-corrected chi connectivity index (χ0v) is 9.43. The van der Waals surface area contributed by atoms with E-state index in [4.69, 9.17) is 5.11 Å². The zero-order valence-electron chi connectivity index (χ0n) is 9.43. The number of nitrogens with zero attached hydrogens (tertiary/aromatic N) is 1. The van der Waals surface area contributed by atoms with Crippen LogP contribution in [-0.2, 0) is 14.4 Å². The molecule has 17 heavy (non-hydrogen) atoms. The number of hydrogen-bond acceptors (Lipinski definition) is 4. The first-order valence-corrected chi connectivity index (χ1v) is 5.18. The first kappa shape index (κ1) is 13.2. The van der Waals surface area contributed by atoms with Gasteiger partial charge in [-0.3, -0.25) is 9.63 Å². The first-order valence-electron chi connectivity index (χ1n) is 5.18. The molecule has 0 spiro atoms. The molecule has 1 aliphatic rings. The molecule has 8 heteroatoms. The summed E-state index contributed by atoms with van der Waals surface area (Å²) in [5.74, 6) is -1.43. The molecule has 0 aromatic rings. The second-order valence-electron chi connectivity index (χ2n) is 3.56. The Bertz CT molecular complexity index is 320. The Morgan fingerprint density at radius 3 is 2.76 bits per heavy atom. The minimum absolute atomic E-state index is 0.240. The number of carbonyl (C=O) groups is 3. The summed E-state index contributed by atoms with van der Waals surface area (Å²) in [5.41, 5.74) is 1.99. The van der Waals surface area contributed by atoms with E-state index >= 15 is 0 Å². The number of likely N-dealkylation sites (tertiary alicyclic amines) is 1. The summed E-state index contributed by atoms with van der Waals surface area (Å²) in [6.07, 6.45) is 1.32. The Hall–Kier alpha value is -1.83. The first-order chi connectivity index (χ1) is 8.06. The number of hydroxylamine groups is 1. The molecule has 8 nitrogen and oxygen atoms in total. The Morgan fingerprint density at radius 1 is 1.47 bits per heavy atom. The summed E-state index contributed by atoms with van der Waals surface area (Å²) in [7, 11) is 1.50. The highest BCUT2D eigenvalue weighted by molar-refractivity contribution is 5.87. The van der Waals surface area contributed by atoms with E-state index in [0.717, 1.165) is 6.42 Å². The standard InChI is InChI=1S/C9H15N3O5/c1-10-8(15)6-3-2-4-12(6)9(16)11-17-5-7(13)14/h6H,2-5H2,1H3,(H,10,15)(H,11,16)(H,13,14). The number of nitrogens with one attached hydrogen (secondary N) is 2. The van der Waals surface area contributed by atoms with E-state index in [-0.39, 0.29) is 5.91 Å². The van der Waals surface area contributed by atoms with Gasteiger partial charge >= 0.3 is 12.0 Å². The number of carboxylic acids is 1. The van der Waals surface area contributed by atoms with Crippen molar-refractivity contribution < 1.29 is 24.3 Å². The summed E-state index contributed by atoms with van der Waals surface area (Å²) in [4.78, 5) is 39.0. The van der Waals surface area contributed by atoms with Crippen LogP contribution < -0.4 is 10.8 Å². The molecule has 0 saturated carbocycles. The summed E-state index contributed by atoms with van der Waals surface area (Å²) in [6.45, 7) is -0.176. The second-order valence-corrected chi connectivity index (χ2v) is 3.56. The quantitative estimate of drug-likeness (QED) is 0.546. The van der Waals surface area contributed by atoms with Crippen molar-refractivity contribution in [2.75, 3.05) is 20.2 Å². The maximum absolute atomic E-state index is 11.6. The highest BCUT2D eigenvalue weighted by atomic mass is 16.7. The molecule has 0 aromatic heterocycles. The molecule has 0 aromatic carbocycles. The van der Waals surface area contributed by atoms with Crippen LogP contribution in [0.25, 0.3) is 0 Å². The monoisotopic (exact) mass is 245 g/mol. The van der Waals surface area contributed by atoms with Crippen LogP contribution in [0.3, 0.4) is 0 Å². The molecule has 1 rings (SSSR count). The molecule has 0 radical (unpaired) electrons. The van der Waals surface area contributed by atoms with Crippen LogP contribution in [0.1, 0.15) is 12.8 Å². The van der Waals surface area contributed by atoms with Crippen molar-refractivity contribution in [1.82, 2.24) is 15.7 Å². The predicted octanol–water partition coefficient (Wildman–Crippen LogP) is -1.08. The van der Waals surface area contributed by atoms with Crippen LogP contribution in [0.5, 0.6) is 0 Å². The van der Waals surface area contributed by atoms with Crippen molar-refractivity contribution in [2.45, 2.75) is 18.9 Å². The third-order valence-electron chi connectivity index (χ3n) is 2.42. The van der Waals surface area contributed by atoms with Crippen molar-refractivity contribution in [3.05, 3.63) is 0 Å². The highest BCUT2D eigenvalue weighted by Gasteiger charge is 2.33. The van der Waals surface area contributed by atoms with Gasteiger partial charge in [0, 0.05) is 13.6 Å². The van der Waals surface area contributed by atoms with Crippen molar-refractivity contribution >= 4 is 17.9 Å². The van der Waals surface area contributed by atoms with Gasteiger partial charge in [0.25, 0.3) is 0 Å². The maximum Gasteiger partial charge on any atom is 0.342 e. The topological polar surface area (TPSA) is 108 Å². The molecular weight excluding hydrogens is 230 g/mol. The van der Waals surface area contributed by atoms with E-state index in [1.165, 1.54) is 11.9 Å². The Morgan fingerprint density at radius 2 is 2.18 bits per heavy atom. The SMILES string of the molecule is CNC(=O)C1CCCN1C(=O)NOCC(=O)O. The second kappa shape index (κ2) is 6.04. The van der Waals surface area contributed by atoms with Crippen molar-refractivity contribution in [3.63, 3.8) is 0 Å². The lowest BCUT2D eigenvalue weighted by atomic mass is 10.2. The number of rotatable bonds is 4. The van der Waals surface area contributed by atoms with Crippen LogP contribution >= 0.6 is 0 Å². The van der Waals surface area contributed by atoms with Gasteiger partial charge in [0.05, 0.1) is 0 Å². The molecule has 1 aliphatic heterocycles. The summed E-state index contributed by atoms with van der Waals surface area (Å²) in [6, 6.07) is -1.12. The molecule has 1 heterocycles. The van der Waals surface area contributed by atoms with Crippen molar-refractivity contribution in [1.29, 1.82) is 0 Å². The predicted molar refractivity (Wildman–Crippen MR) is 55.9 cm³/mol. The summed E-state index contributed by atoms with van der Waals surface area (Å²) < 4.78 is 0. The number of carboxylic acid groups (broad SMARTS) is 1. The van der Waals surface area contributed by atoms with Crippen LogP contribution in [-0.4, -0.2) is 54.2 Å². The highest BCUT2D eigenvalue weighted by Crippen LogP contribution is 2.17. The van der Waals surface area contributed by atoms with Crippen LogP contribution in [0.4, 0.5) is 4.79 Å². The molecule has 1 saturated heterocycles. The van der Waals surface area contributed by atoms with E-state index in [1.807, 2.05) is 5.48 Å². The summed E-state index contributed by atoms with van der Waals surface area (Å²) in [5, 5.41) is 10.8.